The van der Waals surface area contributed by atoms with E-state index in [1.54, 1.807) is 23.5 Å². The molecule has 23 heavy (non-hydrogen) atoms. The highest BCUT2D eigenvalue weighted by Crippen LogP contribution is 2.39. The Morgan fingerprint density at radius 2 is 1.83 bits per heavy atom. The zero-order valence-corrected chi connectivity index (χ0v) is 15.1. The van der Waals surface area contributed by atoms with Crippen LogP contribution in [0.2, 0.25) is 0 Å². The maximum Gasteiger partial charge on any atom is 0.190 e. The summed E-state index contributed by atoms with van der Waals surface area (Å²) in [7, 11) is 0. The van der Waals surface area contributed by atoms with Crippen molar-refractivity contribution < 1.29 is 0 Å². The molecule has 122 valence electrons. The molecule has 1 aliphatic rings. The van der Waals surface area contributed by atoms with Gasteiger partial charge in [0.1, 0.15) is 10.8 Å². The first-order valence-electron chi connectivity index (χ1n) is 8.16. The minimum absolute atomic E-state index is 0.541. The lowest BCUT2D eigenvalue weighted by molar-refractivity contribution is 0.437. The van der Waals surface area contributed by atoms with Gasteiger partial charge in [0.25, 0.3) is 0 Å². The highest BCUT2D eigenvalue weighted by Gasteiger charge is 2.23. The van der Waals surface area contributed by atoms with Crippen LogP contribution in [-0.2, 0) is 5.75 Å². The molecular formula is C18H23N3S2. The fourth-order valence-corrected chi connectivity index (χ4v) is 4.70. The molecule has 1 aromatic carbocycles. The number of hydrogen-bond acceptors (Lipinski definition) is 5. The van der Waals surface area contributed by atoms with E-state index in [1.165, 1.54) is 43.2 Å². The van der Waals surface area contributed by atoms with Crippen LogP contribution in [-0.4, -0.2) is 16.2 Å². The van der Waals surface area contributed by atoms with Crippen LogP contribution in [0, 0.1) is 0 Å². The molecule has 0 atom stereocenters. The summed E-state index contributed by atoms with van der Waals surface area (Å²) in [5, 5.41) is 1.86. The van der Waals surface area contributed by atoms with Crippen molar-refractivity contribution in [1.82, 2.24) is 9.97 Å². The number of nitrogens with two attached hydrogens (primary N) is 1. The predicted octanol–water partition coefficient (Wildman–Crippen LogP) is 5.12. The van der Waals surface area contributed by atoms with Crippen molar-refractivity contribution in [1.29, 1.82) is 0 Å². The minimum Gasteiger partial charge on any atom is -0.383 e. The van der Waals surface area contributed by atoms with Crippen LogP contribution in [0.15, 0.2) is 40.5 Å². The summed E-state index contributed by atoms with van der Waals surface area (Å²) >= 11 is 3.35. The first-order chi connectivity index (χ1) is 11.3. The lowest BCUT2D eigenvalue weighted by Gasteiger charge is -2.24. The van der Waals surface area contributed by atoms with Crippen LogP contribution >= 0.6 is 23.5 Å². The summed E-state index contributed by atoms with van der Waals surface area (Å²) in [6.45, 7) is 0. The lowest BCUT2D eigenvalue weighted by Crippen LogP contribution is -2.12. The van der Waals surface area contributed by atoms with Crippen molar-refractivity contribution in [3.63, 3.8) is 0 Å². The molecule has 5 heteroatoms. The van der Waals surface area contributed by atoms with E-state index in [2.05, 4.69) is 35.5 Å². The van der Waals surface area contributed by atoms with Gasteiger partial charge in [0, 0.05) is 11.3 Å². The van der Waals surface area contributed by atoms with E-state index in [4.69, 9.17) is 10.7 Å². The van der Waals surface area contributed by atoms with Gasteiger partial charge in [0.05, 0.1) is 0 Å². The van der Waals surface area contributed by atoms with Crippen molar-refractivity contribution in [3.05, 3.63) is 41.5 Å². The predicted molar refractivity (Wildman–Crippen MR) is 100 cm³/mol. The number of benzene rings is 1. The number of anilines is 1. The molecule has 0 spiro atoms. The number of hydrogen-bond donors (Lipinski definition) is 1. The van der Waals surface area contributed by atoms with Gasteiger partial charge in [-0.15, -0.1) is 11.8 Å². The molecule has 0 aliphatic heterocycles. The van der Waals surface area contributed by atoms with Crippen LogP contribution in [0.5, 0.6) is 0 Å². The van der Waals surface area contributed by atoms with E-state index < -0.39 is 0 Å². The minimum atomic E-state index is 0.541. The molecule has 2 aromatic rings. The van der Waals surface area contributed by atoms with Crippen LogP contribution < -0.4 is 5.73 Å². The molecule has 0 amide bonds. The highest BCUT2D eigenvalue weighted by molar-refractivity contribution is 7.99. The standard InChI is InChI=1S/C18H23N3S2/c1-22-17-15(14-10-6-3-7-11-14)16(19)20-18(21-17)23-12-13-8-4-2-5-9-13/h2,4-5,8-9,14H,3,6-7,10-12H2,1H3,(H2,19,20,21). The van der Waals surface area contributed by atoms with Crippen LogP contribution in [0.25, 0.3) is 0 Å². The SMILES string of the molecule is CSc1nc(SCc2ccccc2)nc(N)c1C1CCCCC1. The van der Waals surface area contributed by atoms with Gasteiger partial charge in [0.15, 0.2) is 5.16 Å². The van der Waals surface area contributed by atoms with Gasteiger partial charge < -0.3 is 5.73 Å². The first kappa shape index (κ1) is 16.7. The maximum atomic E-state index is 6.32. The van der Waals surface area contributed by atoms with E-state index in [1.807, 2.05) is 6.07 Å². The quantitative estimate of drug-likeness (QED) is 0.463. The molecule has 1 heterocycles. The second-order valence-corrected chi connectivity index (χ2v) is 7.66. The Morgan fingerprint density at radius 1 is 1.09 bits per heavy atom. The van der Waals surface area contributed by atoms with Crippen molar-refractivity contribution in [3.8, 4) is 0 Å². The second kappa shape index (κ2) is 8.06. The van der Waals surface area contributed by atoms with Gasteiger partial charge in [0.2, 0.25) is 0 Å². The van der Waals surface area contributed by atoms with E-state index in [-0.39, 0.29) is 0 Å². The van der Waals surface area contributed by atoms with Crippen molar-refractivity contribution in [2.75, 3.05) is 12.0 Å². The number of nitrogen functional groups attached to an aromatic ring is 1. The third-order valence-corrected chi connectivity index (χ3v) is 5.95. The van der Waals surface area contributed by atoms with Gasteiger partial charge in [-0.1, -0.05) is 61.4 Å². The largest absolute Gasteiger partial charge is 0.383 e. The maximum absolute atomic E-state index is 6.32. The van der Waals surface area contributed by atoms with Gasteiger partial charge in [-0.05, 0) is 30.6 Å². The molecule has 0 bridgehead atoms. The third-order valence-electron chi connectivity index (χ3n) is 4.34. The number of nitrogens with zero attached hydrogens (tertiary/aromatic N) is 2. The molecule has 1 aromatic heterocycles. The van der Waals surface area contributed by atoms with E-state index >= 15 is 0 Å². The average molecular weight is 346 g/mol. The molecule has 0 radical (unpaired) electrons. The smallest absolute Gasteiger partial charge is 0.190 e. The number of rotatable bonds is 5. The third kappa shape index (κ3) is 4.21. The number of aromatic nitrogens is 2. The molecule has 1 fully saturated rings. The lowest BCUT2D eigenvalue weighted by atomic mass is 9.85. The summed E-state index contributed by atoms with van der Waals surface area (Å²) in [6, 6.07) is 10.4. The van der Waals surface area contributed by atoms with Crippen LogP contribution in [0.3, 0.4) is 0 Å². The summed E-state index contributed by atoms with van der Waals surface area (Å²) in [5.41, 5.74) is 8.79. The summed E-state index contributed by atoms with van der Waals surface area (Å²) in [5.74, 6) is 2.10. The van der Waals surface area contributed by atoms with Gasteiger partial charge >= 0.3 is 0 Å². The monoisotopic (exact) mass is 345 g/mol. The Morgan fingerprint density at radius 3 is 2.52 bits per heavy atom. The topological polar surface area (TPSA) is 51.8 Å². The molecule has 1 aliphatic carbocycles. The molecule has 0 saturated heterocycles. The van der Waals surface area contributed by atoms with Crippen molar-refractivity contribution >= 4 is 29.3 Å². The normalized spacial score (nSPS) is 15.7. The Kier molecular flexibility index (Phi) is 5.84. The molecule has 1 saturated carbocycles. The van der Waals surface area contributed by atoms with Crippen molar-refractivity contribution in [2.24, 2.45) is 0 Å². The van der Waals surface area contributed by atoms with Crippen molar-refractivity contribution in [2.45, 2.75) is 54.0 Å². The molecular weight excluding hydrogens is 322 g/mol. The fraction of sp³-hybridized carbons (Fsp3) is 0.444. The zero-order chi connectivity index (χ0) is 16.1. The van der Waals surface area contributed by atoms with E-state index in [9.17, 15) is 0 Å². The molecule has 2 N–H and O–H groups in total. The Hall–Kier alpha value is -1.20. The summed E-state index contributed by atoms with van der Waals surface area (Å²) in [4.78, 5) is 9.37. The van der Waals surface area contributed by atoms with Gasteiger partial charge in [-0.25, -0.2) is 9.97 Å². The summed E-state index contributed by atoms with van der Waals surface area (Å²) in [6.07, 6.45) is 8.46. The Labute approximate surface area is 146 Å². The fourth-order valence-electron chi connectivity index (χ4n) is 3.16. The highest BCUT2D eigenvalue weighted by atomic mass is 32.2. The summed E-state index contributed by atoms with van der Waals surface area (Å²) < 4.78 is 0. The average Bonchev–Trinajstić information content (AvgIpc) is 2.61. The molecule has 3 rings (SSSR count). The van der Waals surface area contributed by atoms with Crippen LogP contribution in [0.4, 0.5) is 5.82 Å². The zero-order valence-electron chi connectivity index (χ0n) is 13.5. The van der Waals surface area contributed by atoms with E-state index in [0.717, 1.165) is 15.9 Å². The Bertz CT molecular complexity index is 640. The number of thioether (sulfide) groups is 2. The van der Waals surface area contributed by atoms with Gasteiger partial charge in [-0.2, -0.15) is 0 Å². The molecule has 3 nitrogen and oxygen atoms in total. The second-order valence-electron chi connectivity index (χ2n) is 5.92. The first-order valence-corrected chi connectivity index (χ1v) is 10.4. The van der Waals surface area contributed by atoms with Gasteiger partial charge in [-0.3, -0.25) is 0 Å². The Balaban J connectivity index is 1.78. The van der Waals surface area contributed by atoms with Crippen LogP contribution in [0.1, 0.15) is 49.1 Å². The van der Waals surface area contributed by atoms with E-state index in [0.29, 0.717) is 11.7 Å². The molecule has 0 unspecified atom stereocenters.